The molecule has 0 bridgehead atoms. The van der Waals surface area contributed by atoms with E-state index in [2.05, 4.69) is 15.6 Å². The van der Waals surface area contributed by atoms with Crippen molar-refractivity contribution in [1.29, 1.82) is 5.26 Å². The number of aromatic nitrogens is 1. The van der Waals surface area contributed by atoms with Crippen molar-refractivity contribution in [2.45, 2.75) is 32.4 Å². The van der Waals surface area contributed by atoms with Crippen LogP contribution in [0, 0.1) is 11.3 Å². The van der Waals surface area contributed by atoms with E-state index in [-0.39, 0.29) is 12.3 Å². The summed E-state index contributed by atoms with van der Waals surface area (Å²) in [7, 11) is 0. The number of nitriles is 1. The van der Waals surface area contributed by atoms with Gasteiger partial charge in [-0.3, -0.25) is 9.59 Å². The largest absolute Gasteiger partial charge is 0.451 e. The summed E-state index contributed by atoms with van der Waals surface area (Å²) in [6.45, 7) is 2.74. The molecule has 0 spiro atoms. The average molecular weight is 418 g/mol. The molecule has 0 fully saturated rings. The topological polar surface area (TPSA) is 124 Å². The average Bonchev–Trinajstić information content (AvgIpc) is 3.16. The van der Waals surface area contributed by atoms with Gasteiger partial charge in [0.05, 0.1) is 11.3 Å². The number of rotatable bonds is 7. The zero-order chi connectivity index (χ0) is 22.4. The van der Waals surface area contributed by atoms with E-state index in [4.69, 9.17) is 10.00 Å². The van der Waals surface area contributed by atoms with Gasteiger partial charge in [-0.15, -0.1) is 0 Å². The molecule has 0 radical (unpaired) electrons. The van der Waals surface area contributed by atoms with Crippen LogP contribution >= 0.6 is 0 Å². The molecule has 0 aliphatic carbocycles. The lowest BCUT2D eigenvalue weighted by atomic mass is 10.0. The third-order valence-corrected chi connectivity index (χ3v) is 4.73. The third kappa shape index (κ3) is 5.28. The van der Waals surface area contributed by atoms with E-state index >= 15 is 0 Å². The van der Waals surface area contributed by atoms with Crippen LogP contribution in [0.5, 0.6) is 0 Å². The van der Waals surface area contributed by atoms with Crippen LogP contribution in [0.2, 0.25) is 0 Å². The Morgan fingerprint density at radius 2 is 1.84 bits per heavy atom. The molecular formula is C23H22N4O4. The lowest BCUT2D eigenvalue weighted by Gasteiger charge is -2.20. The fourth-order valence-corrected chi connectivity index (χ4v) is 3.19. The van der Waals surface area contributed by atoms with Crippen molar-refractivity contribution in [3.8, 4) is 6.07 Å². The van der Waals surface area contributed by atoms with Crippen molar-refractivity contribution < 1.29 is 19.1 Å². The van der Waals surface area contributed by atoms with Gasteiger partial charge < -0.3 is 20.4 Å². The van der Waals surface area contributed by atoms with Gasteiger partial charge in [0.2, 0.25) is 5.91 Å². The molecule has 2 atom stereocenters. The predicted molar refractivity (Wildman–Crippen MR) is 115 cm³/mol. The number of aromatic amines is 1. The van der Waals surface area contributed by atoms with Gasteiger partial charge in [0.25, 0.3) is 5.91 Å². The molecule has 0 unspecified atom stereocenters. The molecule has 158 valence electrons. The van der Waals surface area contributed by atoms with Crippen LogP contribution in [0.1, 0.15) is 25.0 Å². The molecular weight excluding hydrogens is 396 g/mol. The minimum atomic E-state index is -1.13. The maximum Gasteiger partial charge on any atom is 0.329 e. The summed E-state index contributed by atoms with van der Waals surface area (Å²) >= 11 is 0. The monoisotopic (exact) mass is 418 g/mol. The Morgan fingerprint density at radius 1 is 1.13 bits per heavy atom. The molecule has 3 rings (SSSR count). The Kier molecular flexibility index (Phi) is 6.67. The summed E-state index contributed by atoms with van der Waals surface area (Å²) in [5, 5.41) is 15.3. The summed E-state index contributed by atoms with van der Waals surface area (Å²) in [5.41, 5.74) is 2.38. The highest BCUT2D eigenvalue weighted by molar-refractivity contribution is 5.96. The minimum Gasteiger partial charge on any atom is -0.451 e. The van der Waals surface area contributed by atoms with Gasteiger partial charge >= 0.3 is 5.97 Å². The molecule has 31 heavy (non-hydrogen) atoms. The highest BCUT2D eigenvalue weighted by atomic mass is 16.5. The normalized spacial score (nSPS) is 12.4. The first-order valence-corrected chi connectivity index (χ1v) is 9.71. The maximum atomic E-state index is 12.8. The van der Waals surface area contributed by atoms with Crippen LogP contribution in [0.3, 0.4) is 0 Å². The van der Waals surface area contributed by atoms with Crippen LogP contribution in [-0.2, 0) is 25.5 Å². The molecule has 8 heteroatoms. The standard InChI is InChI=1S/C23H22N4O4/c1-14(22(29)27-19-9-5-3-7-16(19)12-24)31-23(30)21(26-15(2)28)11-17-13-25-20-10-6-4-8-18(17)20/h3-10,13-14,21,25H,11H2,1-2H3,(H,26,28)(H,27,29)/t14-,21-/m0/s1. The zero-order valence-corrected chi connectivity index (χ0v) is 17.1. The minimum absolute atomic E-state index is 0.202. The SMILES string of the molecule is CC(=O)N[C@@H](Cc1c[nH]c2ccccc12)C(=O)O[C@@H](C)C(=O)Nc1ccccc1C#N. The Bertz CT molecular complexity index is 1160. The fraction of sp³-hybridized carbons (Fsp3) is 0.217. The molecule has 8 nitrogen and oxygen atoms in total. The van der Waals surface area contributed by atoms with E-state index in [1.807, 2.05) is 30.3 Å². The lowest BCUT2D eigenvalue weighted by molar-refractivity contribution is -0.156. The van der Waals surface area contributed by atoms with E-state index in [1.54, 1.807) is 30.5 Å². The number of esters is 1. The van der Waals surface area contributed by atoms with E-state index in [1.165, 1.54) is 13.8 Å². The molecule has 0 saturated carbocycles. The van der Waals surface area contributed by atoms with Crippen molar-refractivity contribution in [3.63, 3.8) is 0 Å². The molecule has 1 aromatic heterocycles. The van der Waals surface area contributed by atoms with Gasteiger partial charge in [-0.2, -0.15) is 5.26 Å². The van der Waals surface area contributed by atoms with E-state index in [0.717, 1.165) is 16.5 Å². The van der Waals surface area contributed by atoms with Gasteiger partial charge in [-0.1, -0.05) is 30.3 Å². The molecule has 3 aromatic rings. The van der Waals surface area contributed by atoms with Crippen LogP contribution in [0.4, 0.5) is 5.69 Å². The van der Waals surface area contributed by atoms with Crippen LogP contribution < -0.4 is 10.6 Å². The first kappa shape index (κ1) is 21.6. The van der Waals surface area contributed by atoms with Crippen molar-refractivity contribution in [3.05, 3.63) is 65.9 Å². The molecule has 1 heterocycles. The molecule has 0 aliphatic rings. The Labute approximate surface area is 179 Å². The first-order valence-electron chi connectivity index (χ1n) is 9.71. The van der Waals surface area contributed by atoms with Crippen molar-refractivity contribution in [2.24, 2.45) is 0 Å². The molecule has 0 saturated heterocycles. The van der Waals surface area contributed by atoms with E-state index < -0.39 is 24.0 Å². The number of ether oxygens (including phenoxy) is 1. The lowest BCUT2D eigenvalue weighted by Crippen LogP contribution is -2.44. The number of anilines is 1. The number of nitrogens with zero attached hydrogens (tertiary/aromatic N) is 1. The predicted octanol–water partition coefficient (Wildman–Crippen LogP) is 2.66. The van der Waals surface area contributed by atoms with Gasteiger partial charge in [-0.05, 0) is 30.7 Å². The number of fused-ring (bicyclic) bond motifs is 1. The second kappa shape index (κ2) is 9.59. The Morgan fingerprint density at radius 3 is 2.58 bits per heavy atom. The summed E-state index contributed by atoms with van der Waals surface area (Å²) in [5.74, 6) is -1.69. The summed E-state index contributed by atoms with van der Waals surface area (Å²) in [4.78, 5) is 40.0. The number of benzene rings is 2. The maximum absolute atomic E-state index is 12.8. The quantitative estimate of drug-likeness (QED) is 0.509. The van der Waals surface area contributed by atoms with Crippen LogP contribution in [0.15, 0.2) is 54.7 Å². The summed E-state index contributed by atoms with van der Waals surface area (Å²) in [6, 6.07) is 15.2. The van der Waals surface area contributed by atoms with Crippen LogP contribution in [0.25, 0.3) is 10.9 Å². The number of nitrogens with one attached hydrogen (secondary N) is 3. The second-order valence-corrected chi connectivity index (χ2v) is 7.04. The Balaban J connectivity index is 1.70. The van der Waals surface area contributed by atoms with Gasteiger partial charge in [0, 0.05) is 30.4 Å². The van der Waals surface area contributed by atoms with Crippen molar-refractivity contribution in [2.75, 3.05) is 5.32 Å². The number of hydrogen-bond donors (Lipinski definition) is 3. The van der Waals surface area contributed by atoms with Crippen LogP contribution in [-0.4, -0.2) is 34.9 Å². The number of carbonyl (C=O) groups is 3. The van der Waals surface area contributed by atoms with Crippen molar-refractivity contribution in [1.82, 2.24) is 10.3 Å². The van der Waals surface area contributed by atoms with Gasteiger partial charge in [0.1, 0.15) is 12.1 Å². The fourth-order valence-electron chi connectivity index (χ4n) is 3.19. The molecule has 3 N–H and O–H groups in total. The summed E-state index contributed by atoms with van der Waals surface area (Å²) < 4.78 is 5.32. The van der Waals surface area contributed by atoms with Gasteiger partial charge in [-0.25, -0.2) is 4.79 Å². The van der Waals surface area contributed by atoms with Gasteiger partial charge in [0.15, 0.2) is 6.10 Å². The second-order valence-electron chi connectivity index (χ2n) is 7.04. The number of para-hydroxylation sites is 2. The number of amides is 2. The van der Waals surface area contributed by atoms with Crippen molar-refractivity contribution >= 4 is 34.4 Å². The molecule has 2 amide bonds. The highest BCUT2D eigenvalue weighted by Crippen LogP contribution is 2.20. The van der Waals surface area contributed by atoms with E-state index in [9.17, 15) is 14.4 Å². The molecule has 2 aromatic carbocycles. The number of H-pyrrole nitrogens is 1. The molecule has 0 aliphatic heterocycles. The zero-order valence-electron chi connectivity index (χ0n) is 17.1. The third-order valence-electron chi connectivity index (χ3n) is 4.73. The highest BCUT2D eigenvalue weighted by Gasteiger charge is 2.27. The van der Waals surface area contributed by atoms with E-state index in [0.29, 0.717) is 11.3 Å². The smallest absolute Gasteiger partial charge is 0.329 e. The number of hydrogen-bond acceptors (Lipinski definition) is 5. The number of carbonyl (C=O) groups excluding carboxylic acids is 3. The Hall–Kier alpha value is -4.12. The summed E-state index contributed by atoms with van der Waals surface area (Å²) in [6.07, 6.45) is 0.855. The first-order chi connectivity index (χ1) is 14.9.